The lowest BCUT2D eigenvalue weighted by atomic mass is 9.94. The number of aliphatic carboxylic acids is 1. The number of benzene rings is 2. The average molecular weight is 323 g/mol. The quantitative estimate of drug-likeness (QED) is 0.777. The van der Waals surface area contributed by atoms with Gasteiger partial charge in [-0.15, -0.1) is 0 Å². The Hall–Kier alpha value is -2.82. The standard InChI is InChI=1S/C19H17NO4/c1-12-15-8-7-14(9-17(15)24-20-12)23-11-19(10-16(19)18(21)22)13-5-3-2-4-6-13/h2-9,16H,10-11H2,1H3,(H,21,22). The van der Waals surface area contributed by atoms with E-state index in [9.17, 15) is 9.90 Å². The smallest absolute Gasteiger partial charge is 0.307 e. The summed E-state index contributed by atoms with van der Waals surface area (Å²) in [6.07, 6.45) is 0.593. The SMILES string of the molecule is Cc1noc2cc(OCC3(c4ccccc4)CC3C(=O)O)ccc12. The highest BCUT2D eigenvalue weighted by Gasteiger charge is 2.60. The Kier molecular flexibility index (Phi) is 3.30. The van der Waals surface area contributed by atoms with Gasteiger partial charge in [0.2, 0.25) is 0 Å². The highest BCUT2D eigenvalue weighted by molar-refractivity contribution is 5.80. The normalized spacial score (nSPS) is 22.5. The molecule has 1 aliphatic carbocycles. The van der Waals surface area contributed by atoms with Crippen molar-refractivity contribution in [2.24, 2.45) is 5.92 Å². The van der Waals surface area contributed by atoms with Gasteiger partial charge in [0.1, 0.15) is 5.75 Å². The van der Waals surface area contributed by atoms with Crippen LogP contribution in [0, 0.1) is 12.8 Å². The molecule has 2 unspecified atom stereocenters. The lowest BCUT2D eigenvalue weighted by molar-refractivity contribution is -0.139. The molecule has 0 amide bonds. The number of ether oxygens (including phenoxy) is 1. The van der Waals surface area contributed by atoms with Crippen molar-refractivity contribution in [3.63, 3.8) is 0 Å². The van der Waals surface area contributed by atoms with Crippen LogP contribution in [0.5, 0.6) is 5.75 Å². The van der Waals surface area contributed by atoms with Gasteiger partial charge < -0.3 is 14.4 Å². The number of nitrogens with zero attached hydrogens (tertiary/aromatic N) is 1. The van der Waals surface area contributed by atoms with Crippen LogP contribution in [-0.4, -0.2) is 22.8 Å². The fourth-order valence-corrected chi connectivity index (χ4v) is 3.31. The summed E-state index contributed by atoms with van der Waals surface area (Å²) in [6.45, 7) is 2.21. The van der Waals surface area contributed by atoms with Crippen LogP contribution in [0.1, 0.15) is 17.7 Å². The molecule has 2 atom stereocenters. The van der Waals surface area contributed by atoms with Gasteiger partial charge in [0.25, 0.3) is 0 Å². The number of rotatable bonds is 5. The largest absolute Gasteiger partial charge is 0.492 e. The van der Waals surface area contributed by atoms with Gasteiger partial charge in [-0.25, -0.2) is 0 Å². The van der Waals surface area contributed by atoms with E-state index in [1.807, 2.05) is 49.4 Å². The molecule has 0 radical (unpaired) electrons. The van der Waals surface area contributed by atoms with Gasteiger partial charge in [-0.05, 0) is 31.0 Å². The van der Waals surface area contributed by atoms with E-state index in [0.29, 0.717) is 24.4 Å². The molecule has 3 aromatic rings. The molecule has 5 nitrogen and oxygen atoms in total. The number of hydrogen-bond acceptors (Lipinski definition) is 4. The zero-order valence-electron chi connectivity index (χ0n) is 13.2. The maximum Gasteiger partial charge on any atom is 0.307 e. The van der Waals surface area contributed by atoms with Crippen LogP contribution in [0.2, 0.25) is 0 Å². The van der Waals surface area contributed by atoms with Gasteiger partial charge in [0.05, 0.1) is 18.2 Å². The fraction of sp³-hybridized carbons (Fsp3) is 0.263. The van der Waals surface area contributed by atoms with Crippen LogP contribution < -0.4 is 4.74 Å². The Morgan fingerprint density at radius 3 is 2.83 bits per heavy atom. The van der Waals surface area contributed by atoms with Crippen molar-refractivity contribution in [1.82, 2.24) is 5.16 Å². The zero-order chi connectivity index (χ0) is 16.7. The lowest BCUT2D eigenvalue weighted by Gasteiger charge is -2.18. The summed E-state index contributed by atoms with van der Waals surface area (Å²) in [5.74, 6) is -0.523. The van der Waals surface area contributed by atoms with Crippen LogP contribution in [0.15, 0.2) is 53.1 Å². The topological polar surface area (TPSA) is 72.6 Å². The van der Waals surface area contributed by atoms with Gasteiger partial charge in [0.15, 0.2) is 5.58 Å². The Morgan fingerprint density at radius 2 is 2.12 bits per heavy atom. The summed E-state index contributed by atoms with van der Waals surface area (Å²) < 4.78 is 11.2. The Bertz CT molecular complexity index is 902. The fourth-order valence-electron chi connectivity index (χ4n) is 3.31. The molecule has 1 aliphatic rings. The van der Waals surface area contributed by atoms with E-state index in [4.69, 9.17) is 9.26 Å². The van der Waals surface area contributed by atoms with Crippen molar-refractivity contribution < 1.29 is 19.2 Å². The second kappa shape index (κ2) is 5.37. The highest BCUT2D eigenvalue weighted by Crippen LogP contribution is 2.54. The minimum atomic E-state index is -0.774. The second-order valence-corrected chi connectivity index (χ2v) is 6.33. The molecule has 1 N–H and O–H groups in total. The maximum absolute atomic E-state index is 11.5. The minimum Gasteiger partial charge on any atom is -0.492 e. The van der Waals surface area contributed by atoms with Crippen LogP contribution in [0.4, 0.5) is 0 Å². The van der Waals surface area contributed by atoms with E-state index in [2.05, 4.69) is 5.16 Å². The molecule has 122 valence electrons. The summed E-state index contributed by atoms with van der Waals surface area (Å²) >= 11 is 0. The highest BCUT2D eigenvalue weighted by atomic mass is 16.5. The minimum absolute atomic E-state index is 0.326. The van der Waals surface area contributed by atoms with Gasteiger partial charge in [0, 0.05) is 16.9 Å². The van der Waals surface area contributed by atoms with E-state index in [1.54, 1.807) is 6.07 Å². The third-order valence-corrected chi connectivity index (χ3v) is 4.84. The molecule has 0 spiro atoms. The molecule has 0 aliphatic heterocycles. The number of carboxylic acid groups (broad SMARTS) is 1. The van der Waals surface area contributed by atoms with Gasteiger partial charge >= 0.3 is 5.97 Å². The Labute approximate surface area is 138 Å². The molecule has 4 rings (SSSR count). The predicted octanol–water partition coefficient (Wildman–Crippen LogP) is 3.56. The van der Waals surface area contributed by atoms with Crippen LogP contribution in [-0.2, 0) is 10.2 Å². The third-order valence-electron chi connectivity index (χ3n) is 4.84. The van der Waals surface area contributed by atoms with E-state index in [-0.39, 0.29) is 0 Å². The number of carbonyl (C=O) groups is 1. The first-order valence-electron chi connectivity index (χ1n) is 7.87. The summed E-state index contributed by atoms with van der Waals surface area (Å²) in [6, 6.07) is 15.3. The van der Waals surface area contributed by atoms with Crippen molar-refractivity contribution >= 4 is 16.9 Å². The molecule has 0 bridgehead atoms. The lowest BCUT2D eigenvalue weighted by Crippen LogP contribution is -2.23. The second-order valence-electron chi connectivity index (χ2n) is 6.33. The Morgan fingerprint density at radius 1 is 1.33 bits per heavy atom. The molecule has 1 aromatic heterocycles. The molecule has 1 fully saturated rings. The monoisotopic (exact) mass is 323 g/mol. The van der Waals surface area contributed by atoms with Gasteiger partial charge in [-0.3, -0.25) is 4.79 Å². The summed E-state index contributed by atoms with van der Waals surface area (Å²) in [5.41, 5.74) is 2.06. The van der Waals surface area contributed by atoms with Crippen molar-refractivity contribution in [2.75, 3.05) is 6.61 Å². The van der Waals surface area contributed by atoms with Gasteiger partial charge in [-0.1, -0.05) is 35.5 Å². The number of hydrogen-bond donors (Lipinski definition) is 1. The first-order valence-corrected chi connectivity index (χ1v) is 7.87. The molecule has 1 saturated carbocycles. The van der Waals surface area contributed by atoms with Crippen molar-refractivity contribution in [1.29, 1.82) is 0 Å². The van der Waals surface area contributed by atoms with E-state index < -0.39 is 17.3 Å². The summed E-state index contributed by atoms with van der Waals surface area (Å²) in [7, 11) is 0. The molecular weight excluding hydrogens is 306 g/mol. The number of fused-ring (bicyclic) bond motifs is 1. The molecule has 24 heavy (non-hydrogen) atoms. The molecule has 1 heterocycles. The molecule has 5 heteroatoms. The van der Waals surface area contributed by atoms with Gasteiger partial charge in [-0.2, -0.15) is 0 Å². The van der Waals surface area contributed by atoms with Crippen LogP contribution in [0.3, 0.4) is 0 Å². The number of aryl methyl sites for hydroxylation is 1. The van der Waals surface area contributed by atoms with E-state index in [0.717, 1.165) is 16.6 Å². The predicted molar refractivity (Wildman–Crippen MR) is 88.1 cm³/mol. The Balaban J connectivity index is 1.58. The van der Waals surface area contributed by atoms with E-state index in [1.165, 1.54) is 0 Å². The maximum atomic E-state index is 11.5. The molecular formula is C19H17NO4. The first-order chi connectivity index (χ1) is 11.6. The van der Waals surface area contributed by atoms with Crippen LogP contribution >= 0.6 is 0 Å². The summed E-state index contributed by atoms with van der Waals surface area (Å²) in [5, 5.41) is 14.3. The van der Waals surface area contributed by atoms with E-state index >= 15 is 0 Å². The molecule has 0 saturated heterocycles. The van der Waals surface area contributed by atoms with Crippen molar-refractivity contribution in [3.8, 4) is 5.75 Å². The zero-order valence-corrected chi connectivity index (χ0v) is 13.2. The van der Waals surface area contributed by atoms with Crippen LogP contribution in [0.25, 0.3) is 11.0 Å². The van der Waals surface area contributed by atoms with Crippen molar-refractivity contribution in [2.45, 2.75) is 18.8 Å². The third kappa shape index (κ3) is 2.33. The average Bonchev–Trinajstić information content (AvgIpc) is 3.25. The van der Waals surface area contributed by atoms with Crippen molar-refractivity contribution in [3.05, 3.63) is 59.8 Å². The first kappa shape index (κ1) is 14.8. The summed E-state index contributed by atoms with van der Waals surface area (Å²) in [4.78, 5) is 11.5. The number of aromatic nitrogens is 1. The molecule has 2 aromatic carbocycles. The number of carboxylic acids is 1.